The second-order valence-electron chi connectivity index (χ2n) is 4.42. The highest BCUT2D eigenvalue weighted by Crippen LogP contribution is 2.33. The van der Waals surface area contributed by atoms with E-state index in [1.54, 1.807) is 0 Å². The zero-order valence-corrected chi connectivity index (χ0v) is 10.3. The molecule has 2 heteroatoms. The Morgan fingerprint density at radius 3 is 2.00 bits per heavy atom. The number of hydroxylamine groups is 2. The molecule has 1 aliphatic rings. The summed E-state index contributed by atoms with van der Waals surface area (Å²) in [5, 5.41) is 1.87. The van der Waals surface area contributed by atoms with E-state index in [-0.39, 0.29) is 0 Å². The van der Waals surface area contributed by atoms with Gasteiger partial charge in [0.25, 0.3) is 0 Å². The van der Waals surface area contributed by atoms with E-state index in [9.17, 15) is 0 Å². The molecule has 0 bridgehead atoms. The van der Waals surface area contributed by atoms with Gasteiger partial charge in [-0.15, -0.1) is 5.06 Å². The summed E-state index contributed by atoms with van der Waals surface area (Å²) in [5.41, 5.74) is 3.59. The highest BCUT2D eigenvalue weighted by molar-refractivity contribution is 5.89. The van der Waals surface area contributed by atoms with Crippen LogP contribution in [0.2, 0.25) is 0 Å². The lowest BCUT2D eigenvalue weighted by atomic mass is 10.0. The van der Waals surface area contributed by atoms with E-state index in [4.69, 9.17) is 4.84 Å². The van der Waals surface area contributed by atoms with Crippen molar-refractivity contribution in [3.05, 3.63) is 71.8 Å². The molecule has 0 amide bonds. The Kier molecular flexibility index (Phi) is 2.87. The molecule has 2 aromatic rings. The van der Waals surface area contributed by atoms with Gasteiger partial charge in [-0.2, -0.15) is 0 Å². The summed E-state index contributed by atoms with van der Waals surface area (Å²) in [6.45, 7) is 0.814. The van der Waals surface area contributed by atoms with Crippen LogP contribution >= 0.6 is 0 Å². The minimum Gasteiger partial charge on any atom is -0.405 e. The maximum atomic E-state index is 5.83. The van der Waals surface area contributed by atoms with Gasteiger partial charge in [-0.3, -0.25) is 0 Å². The topological polar surface area (TPSA) is 12.5 Å². The number of likely N-dealkylation sites (N-methyl/N-ethyl adjacent to an activating group) is 1. The second kappa shape index (κ2) is 4.67. The van der Waals surface area contributed by atoms with Crippen molar-refractivity contribution in [1.29, 1.82) is 0 Å². The molecule has 1 aliphatic heterocycles. The minimum atomic E-state index is 0.814. The summed E-state index contributed by atoms with van der Waals surface area (Å²) in [7, 11) is 1.96. The van der Waals surface area contributed by atoms with Crippen LogP contribution < -0.4 is 0 Å². The lowest BCUT2D eigenvalue weighted by Crippen LogP contribution is -2.12. The van der Waals surface area contributed by atoms with Gasteiger partial charge in [0.1, 0.15) is 0 Å². The predicted octanol–water partition coefficient (Wildman–Crippen LogP) is 3.43. The lowest BCUT2D eigenvalue weighted by Gasteiger charge is -2.09. The molecule has 0 atom stereocenters. The Morgan fingerprint density at radius 1 is 0.833 bits per heavy atom. The summed E-state index contributed by atoms with van der Waals surface area (Å²) >= 11 is 0. The van der Waals surface area contributed by atoms with Crippen molar-refractivity contribution in [2.45, 2.75) is 0 Å². The van der Waals surface area contributed by atoms with Crippen molar-refractivity contribution in [1.82, 2.24) is 5.06 Å². The summed E-state index contributed by atoms with van der Waals surface area (Å²) in [6.07, 6.45) is 0. The monoisotopic (exact) mass is 237 g/mol. The maximum absolute atomic E-state index is 5.83. The van der Waals surface area contributed by atoms with Crippen molar-refractivity contribution in [2.75, 3.05) is 13.6 Å². The van der Waals surface area contributed by atoms with Crippen LogP contribution in [0.25, 0.3) is 11.3 Å². The lowest BCUT2D eigenvalue weighted by molar-refractivity contribution is -0.0335. The zero-order valence-electron chi connectivity index (χ0n) is 10.3. The molecular formula is C16H15NO. The van der Waals surface area contributed by atoms with Crippen molar-refractivity contribution in [3.8, 4) is 0 Å². The van der Waals surface area contributed by atoms with Crippen LogP contribution in [0.1, 0.15) is 11.1 Å². The van der Waals surface area contributed by atoms with Crippen molar-refractivity contribution in [3.63, 3.8) is 0 Å². The number of nitrogens with zero attached hydrogens (tertiary/aromatic N) is 1. The molecule has 0 N–H and O–H groups in total. The Hall–Kier alpha value is -2.06. The first kappa shape index (κ1) is 11.1. The molecule has 0 spiro atoms. The van der Waals surface area contributed by atoms with Crippen LogP contribution in [0, 0.1) is 0 Å². The summed E-state index contributed by atoms with van der Waals surface area (Å²) in [6, 6.07) is 20.7. The molecule has 0 aliphatic carbocycles. The summed E-state index contributed by atoms with van der Waals surface area (Å²) in [4.78, 5) is 5.83. The van der Waals surface area contributed by atoms with E-state index in [0.29, 0.717) is 0 Å². The smallest absolute Gasteiger partial charge is 0.159 e. The average Bonchev–Trinajstić information content (AvgIpc) is 2.83. The van der Waals surface area contributed by atoms with E-state index in [0.717, 1.165) is 17.9 Å². The van der Waals surface area contributed by atoms with Gasteiger partial charge >= 0.3 is 0 Å². The van der Waals surface area contributed by atoms with Crippen LogP contribution in [0.15, 0.2) is 60.7 Å². The zero-order chi connectivity index (χ0) is 12.4. The molecule has 2 aromatic carbocycles. The van der Waals surface area contributed by atoms with Gasteiger partial charge < -0.3 is 4.84 Å². The number of benzene rings is 2. The maximum Gasteiger partial charge on any atom is 0.159 e. The number of hydrogen-bond donors (Lipinski definition) is 0. The molecule has 0 radical (unpaired) electrons. The van der Waals surface area contributed by atoms with E-state index in [1.807, 2.05) is 36.4 Å². The van der Waals surface area contributed by atoms with Crippen LogP contribution in [0.4, 0.5) is 0 Å². The minimum absolute atomic E-state index is 0.814. The largest absolute Gasteiger partial charge is 0.405 e. The molecular weight excluding hydrogens is 222 g/mol. The van der Waals surface area contributed by atoms with Gasteiger partial charge in [0.15, 0.2) is 5.76 Å². The summed E-state index contributed by atoms with van der Waals surface area (Å²) < 4.78 is 0. The van der Waals surface area contributed by atoms with Crippen molar-refractivity contribution >= 4 is 11.3 Å². The van der Waals surface area contributed by atoms with Gasteiger partial charge in [0.05, 0.1) is 6.54 Å². The Labute approximate surface area is 107 Å². The molecule has 0 fully saturated rings. The molecule has 0 saturated heterocycles. The fraction of sp³-hybridized carbons (Fsp3) is 0.125. The van der Waals surface area contributed by atoms with Crippen molar-refractivity contribution < 1.29 is 4.84 Å². The standard InChI is InChI=1S/C16H15NO/c1-17-12-15(13-8-4-2-5-9-13)16(18-17)14-10-6-3-7-11-14/h2-11H,12H2,1H3. The third kappa shape index (κ3) is 2.03. The third-order valence-corrected chi connectivity index (χ3v) is 3.06. The van der Waals surface area contributed by atoms with E-state index < -0.39 is 0 Å². The highest BCUT2D eigenvalue weighted by Gasteiger charge is 2.23. The Bertz CT molecular complexity index is 509. The molecule has 3 rings (SSSR count). The van der Waals surface area contributed by atoms with E-state index in [2.05, 4.69) is 36.4 Å². The predicted molar refractivity (Wildman–Crippen MR) is 73.4 cm³/mol. The third-order valence-electron chi connectivity index (χ3n) is 3.06. The first-order valence-corrected chi connectivity index (χ1v) is 6.08. The quantitative estimate of drug-likeness (QED) is 0.793. The first-order valence-electron chi connectivity index (χ1n) is 6.08. The molecule has 0 aromatic heterocycles. The highest BCUT2D eigenvalue weighted by atomic mass is 16.7. The molecule has 1 heterocycles. The first-order chi connectivity index (χ1) is 8.84. The van der Waals surface area contributed by atoms with Gasteiger partial charge in [0.2, 0.25) is 0 Å². The normalized spacial score (nSPS) is 15.8. The molecule has 90 valence electrons. The Morgan fingerprint density at radius 2 is 1.39 bits per heavy atom. The van der Waals surface area contributed by atoms with Crippen LogP contribution in [-0.4, -0.2) is 18.7 Å². The van der Waals surface area contributed by atoms with Gasteiger partial charge in [0, 0.05) is 18.2 Å². The van der Waals surface area contributed by atoms with Gasteiger partial charge in [-0.25, -0.2) is 0 Å². The van der Waals surface area contributed by atoms with Gasteiger partial charge in [-0.1, -0.05) is 60.7 Å². The second-order valence-corrected chi connectivity index (χ2v) is 4.42. The fourth-order valence-corrected chi connectivity index (χ4v) is 2.22. The molecule has 2 nitrogen and oxygen atoms in total. The molecule has 18 heavy (non-hydrogen) atoms. The van der Waals surface area contributed by atoms with E-state index >= 15 is 0 Å². The molecule has 0 saturated carbocycles. The van der Waals surface area contributed by atoms with E-state index in [1.165, 1.54) is 11.1 Å². The Balaban J connectivity index is 2.09. The number of rotatable bonds is 2. The van der Waals surface area contributed by atoms with Crippen LogP contribution in [0.5, 0.6) is 0 Å². The van der Waals surface area contributed by atoms with Crippen LogP contribution in [0.3, 0.4) is 0 Å². The van der Waals surface area contributed by atoms with Crippen molar-refractivity contribution in [2.24, 2.45) is 0 Å². The number of hydrogen-bond acceptors (Lipinski definition) is 2. The SMILES string of the molecule is CN1CC(c2ccccc2)=C(c2ccccc2)O1. The fourth-order valence-electron chi connectivity index (χ4n) is 2.22. The van der Waals surface area contributed by atoms with Crippen LogP contribution in [-0.2, 0) is 4.84 Å². The summed E-state index contributed by atoms with van der Waals surface area (Å²) in [5.74, 6) is 0.962. The van der Waals surface area contributed by atoms with Gasteiger partial charge in [-0.05, 0) is 5.56 Å². The molecule has 0 unspecified atom stereocenters. The average molecular weight is 237 g/mol.